The van der Waals surface area contributed by atoms with E-state index in [0.29, 0.717) is 11.8 Å². The van der Waals surface area contributed by atoms with Gasteiger partial charge in [-0.3, -0.25) is 0 Å². The quantitative estimate of drug-likeness (QED) is 0.632. The van der Waals surface area contributed by atoms with E-state index in [0.717, 1.165) is 18.8 Å². The highest BCUT2D eigenvalue weighted by Crippen LogP contribution is 2.32. The van der Waals surface area contributed by atoms with E-state index < -0.39 is 0 Å². The van der Waals surface area contributed by atoms with Gasteiger partial charge in [-0.15, -0.1) is 0 Å². The third-order valence-electron chi connectivity index (χ3n) is 2.77. The second-order valence-corrected chi connectivity index (χ2v) is 4.11. The molecule has 15 heavy (non-hydrogen) atoms. The van der Waals surface area contributed by atoms with Crippen LogP contribution in [0.25, 0.3) is 0 Å². The van der Waals surface area contributed by atoms with Crippen molar-refractivity contribution >= 4 is 0 Å². The smallest absolute Gasteiger partial charge is 0.122 e. The van der Waals surface area contributed by atoms with Crippen LogP contribution in [0.3, 0.4) is 0 Å². The highest BCUT2D eigenvalue weighted by Gasteiger charge is 2.23. The molecule has 0 aromatic rings. The van der Waals surface area contributed by atoms with Gasteiger partial charge in [-0.1, -0.05) is 45.2 Å². The molecular formula is C14H20O. The first-order valence-corrected chi connectivity index (χ1v) is 5.49. The van der Waals surface area contributed by atoms with Crippen LogP contribution in [0.15, 0.2) is 48.8 Å². The van der Waals surface area contributed by atoms with Gasteiger partial charge < -0.3 is 4.74 Å². The van der Waals surface area contributed by atoms with Crippen molar-refractivity contribution < 1.29 is 4.74 Å². The van der Waals surface area contributed by atoms with Crippen LogP contribution in [0.1, 0.15) is 20.3 Å². The molecule has 0 N–H and O–H groups in total. The first-order chi connectivity index (χ1) is 7.20. The van der Waals surface area contributed by atoms with Crippen LogP contribution < -0.4 is 0 Å². The molecule has 82 valence electrons. The SMILES string of the molecule is C=C/C=C\C1=C(C=C)OCCC1C(C)C. The molecule has 0 aliphatic carbocycles. The average molecular weight is 204 g/mol. The summed E-state index contributed by atoms with van der Waals surface area (Å²) in [5.41, 5.74) is 1.26. The first kappa shape index (κ1) is 11.8. The van der Waals surface area contributed by atoms with Crippen LogP contribution in [-0.4, -0.2) is 6.61 Å². The van der Waals surface area contributed by atoms with E-state index in [-0.39, 0.29) is 0 Å². The minimum absolute atomic E-state index is 0.572. The predicted molar refractivity (Wildman–Crippen MR) is 65.5 cm³/mol. The topological polar surface area (TPSA) is 9.23 Å². The lowest BCUT2D eigenvalue weighted by molar-refractivity contribution is 0.164. The fraction of sp³-hybridized carbons (Fsp3) is 0.429. The van der Waals surface area contributed by atoms with Crippen LogP contribution >= 0.6 is 0 Å². The Morgan fingerprint density at radius 2 is 2.13 bits per heavy atom. The maximum Gasteiger partial charge on any atom is 0.122 e. The molecule has 0 aromatic heterocycles. The lowest BCUT2D eigenvalue weighted by atomic mass is 9.83. The molecule has 0 radical (unpaired) electrons. The molecule has 0 fully saturated rings. The zero-order valence-electron chi connectivity index (χ0n) is 9.70. The Morgan fingerprint density at radius 3 is 2.67 bits per heavy atom. The summed E-state index contributed by atoms with van der Waals surface area (Å²) in [6.07, 6.45) is 8.74. The van der Waals surface area contributed by atoms with E-state index in [1.165, 1.54) is 5.57 Å². The Kier molecular flexibility index (Phi) is 4.41. The summed E-state index contributed by atoms with van der Waals surface area (Å²) >= 11 is 0. The minimum atomic E-state index is 0.572. The number of hydrogen-bond donors (Lipinski definition) is 0. The molecule has 1 rings (SSSR count). The Hall–Kier alpha value is -1.24. The third-order valence-corrected chi connectivity index (χ3v) is 2.77. The van der Waals surface area contributed by atoms with Gasteiger partial charge in [0.1, 0.15) is 5.76 Å². The van der Waals surface area contributed by atoms with Gasteiger partial charge in [-0.25, -0.2) is 0 Å². The van der Waals surface area contributed by atoms with Crippen molar-refractivity contribution in [2.24, 2.45) is 11.8 Å². The standard InChI is InChI=1S/C14H20O/c1-5-7-8-13-12(11(3)4)9-10-15-14(13)6-2/h5-8,11-12H,1-2,9-10H2,3-4H3/b8-7-. The van der Waals surface area contributed by atoms with Gasteiger partial charge in [0.25, 0.3) is 0 Å². The predicted octanol–water partition coefficient (Wildman–Crippen LogP) is 3.86. The molecule has 0 saturated heterocycles. The van der Waals surface area contributed by atoms with Crippen molar-refractivity contribution in [1.29, 1.82) is 0 Å². The van der Waals surface area contributed by atoms with Crippen molar-refractivity contribution in [3.8, 4) is 0 Å². The van der Waals surface area contributed by atoms with E-state index in [1.807, 2.05) is 6.08 Å². The Morgan fingerprint density at radius 1 is 1.40 bits per heavy atom. The number of allylic oxidation sites excluding steroid dienone is 5. The Balaban J connectivity index is 3.03. The lowest BCUT2D eigenvalue weighted by Gasteiger charge is -2.29. The van der Waals surface area contributed by atoms with Crippen LogP contribution in [-0.2, 0) is 4.74 Å². The second kappa shape index (κ2) is 5.59. The molecule has 0 aromatic carbocycles. The monoisotopic (exact) mass is 204 g/mol. The maximum absolute atomic E-state index is 5.59. The summed E-state index contributed by atoms with van der Waals surface area (Å²) < 4.78 is 5.59. The van der Waals surface area contributed by atoms with Crippen molar-refractivity contribution in [3.05, 3.63) is 48.8 Å². The third kappa shape index (κ3) is 2.85. The Labute approximate surface area is 92.8 Å². The molecule has 1 unspecified atom stereocenters. The largest absolute Gasteiger partial charge is 0.493 e. The summed E-state index contributed by atoms with van der Waals surface area (Å²) in [5.74, 6) is 2.13. The first-order valence-electron chi connectivity index (χ1n) is 5.49. The lowest BCUT2D eigenvalue weighted by Crippen LogP contribution is -2.20. The molecule has 1 aliphatic rings. The second-order valence-electron chi connectivity index (χ2n) is 4.11. The van der Waals surface area contributed by atoms with Gasteiger partial charge in [0.05, 0.1) is 6.61 Å². The highest BCUT2D eigenvalue weighted by molar-refractivity contribution is 5.33. The highest BCUT2D eigenvalue weighted by atomic mass is 16.5. The summed E-state index contributed by atoms with van der Waals surface area (Å²) in [5, 5.41) is 0. The van der Waals surface area contributed by atoms with E-state index in [4.69, 9.17) is 4.74 Å². The van der Waals surface area contributed by atoms with E-state index in [2.05, 4.69) is 33.1 Å². The van der Waals surface area contributed by atoms with Gasteiger partial charge in [0.2, 0.25) is 0 Å². The number of rotatable bonds is 4. The molecule has 0 spiro atoms. The molecule has 0 amide bonds. The molecule has 1 aliphatic heterocycles. The van der Waals surface area contributed by atoms with Gasteiger partial charge in [0.15, 0.2) is 0 Å². The van der Waals surface area contributed by atoms with Crippen molar-refractivity contribution in [1.82, 2.24) is 0 Å². The molecule has 0 saturated carbocycles. The van der Waals surface area contributed by atoms with E-state index in [1.54, 1.807) is 12.2 Å². The van der Waals surface area contributed by atoms with Crippen LogP contribution in [0, 0.1) is 11.8 Å². The zero-order valence-corrected chi connectivity index (χ0v) is 9.70. The number of hydrogen-bond acceptors (Lipinski definition) is 1. The number of ether oxygens (including phenoxy) is 1. The van der Waals surface area contributed by atoms with E-state index in [9.17, 15) is 0 Å². The zero-order chi connectivity index (χ0) is 11.3. The molecule has 1 heterocycles. The Bertz CT molecular complexity index is 294. The fourth-order valence-electron chi connectivity index (χ4n) is 1.96. The van der Waals surface area contributed by atoms with Crippen molar-refractivity contribution in [2.45, 2.75) is 20.3 Å². The normalized spacial score (nSPS) is 21.9. The minimum Gasteiger partial charge on any atom is -0.493 e. The average Bonchev–Trinajstić information content (AvgIpc) is 2.25. The molecule has 0 bridgehead atoms. The van der Waals surface area contributed by atoms with Crippen molar-refractivity contribution in [3.63, 3.8) is 0 Å². The summed E-state index contributed by atoms with van der Waals surface area (Å²) in [6.45, 7) is 12.8. The molecule has 1 heteroatoms. The molecule has 1 nitrogen and oxygen atoms in total. The van der Waals surface area contributed by atoms with Crippen LogP contribution in [0.2, 0.25) is 0 Å². The molecule has 1 atom stereocenters. The fourth-order valence-corrected chi connectivity index (χ4v) is 1.96. The summed E-state index contributed by atoms with van der Waals surface area (Å²) in [7, 11) is 0. The summed E-state index contributed by atoms with van der Waals surface area (Å²) in [6, 6.07) is 0. The van der Waals surface area contributed by atoms with Crippen LogP contribution in [0.4, 0.5) is 0 Å². The van der Waals surface area contributed by atoms with Crippen molar-refractivity contribution in [2.75, 3.05) is 6.61 Å². The maximum atomic E-state index is 5.59. The van der Waals surface area contributed by atoms with Gasteiger partial charge >= 0.3 is 0 Å². The van der Waals surface area contributed by atoms with Gasteiger partial charge in [-0.05, 0) is 29.9 Å². The summed E-state index contributed by atoms with van der Waals surface area (Å²) in [4.78, 5) is 0. The van der Waals surface area contributed by atoms with Gasteiger partial charge in [0, 0.05) is 0 Å². The van der Waals surface area contributed by atoms with Crippen LogP contribution in [0.5, 0.6) is 0 Å². The van der Waals surface area contributed by atoms with E-state index >= 15 is 0 Å². The van der Waals surface area contributed by atoms with Gasteiger partial charge in [-0.2, -0.15) is 0 Å². The molecular weight excluding hydrogens is 184 g/mol.